The maximum atomic E-state index is 13.2. The van der Waals surface area contributed by atoms with Crippen LogP contribution in [0.5, 0.6) is 0 Å². The van der Waals surface area contributed by atoms with E-state index in [4.69, 9.17) is 0 Å². The van der Waals surface area contributed by atoms with Gasteiger partial charge >= 0.3 is 0 Å². The Bertz CT molecular complexity index is 1070. The maximum absolute atomic E-state index is 13.2. The average molecular weight is 406 g/mol. The molecule has 0 bridgehead atoms. The molecule has 0 unspecified atom stereocenters. The van der Waals surface area contributed by atoms with Crippen molar-refractivity contribution in [2.75, 3.05) is 27.2 Å². The Labute approximate surface area is 175 Å². The van der Waals surface area contributed by atoms with Gasteiger partial charge in [0.2, 0.25) is 0 Å². The van der Waals surface area contributed by atoms with E-state index in [1.807, 2.05) is 67.5 Å². The Balaban J connectivity index is 1.59. The summed E-state index contributed by atoms with van der Waals surface area (Å²) < 4.78 is 1.36. The molecule has 2 atom stereocenters. The van der Waals surface area contributed by atoms with Gasteiger partial charge < -0.3 is 14.9 Å². The Morgan fingerprint density at radius 1 is 1.10 bits per heavy atom. The number of carbonyl (C=O) groups excluding carboxylic acids is 1. The van der Waals surface area contributed by atoms with E-state index in [0.29, 0.717) is 25.2 Å². The number of H-pyrrole nitrogens is 1. The van der Waals surface area contributed by atoms with Crippen molar-refractivity contribution in [2.24, 2.45) is 0 Å². The number of likely N-dealkylation sites (tertiary alicyclic amines) is 1. The molecule has 7 heteroatoms. The molecule has 2 heterocycles. The summed E-state index contributed by atoms with van der Waals surface area (Å²) in [4.78, 5) is 29.2. The van der Waals surface area contributed by atoms with Crippen LogP contribution in [0.1, 0.15) is 22.5 Å². The van der Waals surface area contributed by atoms with Crippen molar-refractivity contribution in [1.29, 1.82) is 0 Å². The van der Waals surface area contributed by atoms with Gasteiger partial charge in [0.1, 0.15) is 11.3 Å². The van der Waals surface area contributed by atoms with Crippen LogP contribution in [0.2, 0.25) is 0 Å². The molecule has 1 aliphatic rings. The summed E-state index contributed by atoms with van der Waals surface area (Å²) in [5.74, 6) is -0.247. The third-order valence-electron chi connectivity index (χ3n) is 5.86. The molecule has 156 valence electrons. The quantitative estimate of drug-likeness (QED) is 0.693. The number of para-hydroxylation sites is 1. The fraction of sp³-hybridized carbons (Fsp3) is 0.304. The molecule has 0 radical (unpaired) electrons. The highest BCUT2D eigenvalue weighted by molar-refractivity contribution is 5.92. The molecular formula is C23H26N4O3. The number of amides is 1. The lowest BCUT2D eigenvalue weighted by molar-refractivity contribution is -0.0811. The second-order valence-electron chi connectivity index (χ2n) is 7.95. The molecule has 7 nitrogen and oxygen atoms in total. The minimum absolute atomic E-state index is 0.242. The Hall–Kier alpha value is -3.16. The van der Waals surface area contributed by atoms with Crippen molar-refractivity contribution >= 4 is 5.91 Å². The van der Waals surface area contributed by atoms with Crippen molar-refractivity contribution in [3.8, 4) is 5.69 Å². The van der Waals surface area contributed by atoms with E-state index >= 15 is 0 Å². The van der Waals surface area contributed by atoms with Crippen LogP contribution in [-0.4, -0.2) is 63.8 Å². The number of carbonyl (C=O) groups is 1. The molecule has 1 amide bonds. The SMILES string of the molecule is CN(C)[C@@H]1CN(C(=O)c2cc(=O)n(-c3ccccc3)[nH]2)CC[C@]1(O)c1ccccc1. The number of hydrogen-bond donors (Lipinski definition) is 2. The second-order valence-corrected chi connectivity index (χ2v) is 7.95. The highest BCUT2D eigenvalue weighted by Gasteiger charge is 2.45. The van der Waals surface area contributed by atoms with Crippen LogP contribution in [0, 0.1) is 0 Å². The van der Waals surface area contributed by atoms with Crippen LogP contribution in [0.3, 0.4) is 0 Å². The first-order chi connectivity index (χ1) is 14.4. The third kappa shape index (κ3) is 3.58. The smallest absolute Gasteiger partial charge is 0.272 e. The largest absolute Gasteiger partial charge is 0.383 e. The molecule has 1 saturated heterocycles. The molecule has 0 saturated carbocycles. The van der Waals surface area contributed by atoms with Crippen molar-refractivity contribution in [3.63, 3.8) is 0 Å². The first kappa shape index (κ1) is 20.1. The van der Waals surface area contributed by atoms with Crippen molar-refractivity contribution in [3.05, 3.63) is 88.3 Å². The number of nitrogens with zero attached hydrogens (tertiary/aromatic N) is 3. The summed E-state index contributed by atoms with van der Waals surface area (Å²) in [6, 6.07) is 19.8. The van der Waals surface area contributed by atoms with Gasteiger partial charge in [0, 0.05) is 19.2 Å². The molecular weight excluding hydrogens is 380 g/mol. The van der Waals surface area contributed by atoms with Gasteiger partial charge in [0.05, 0.1) is 11.7 Å². The molecule has 1 aromatic heterocycles. The van der Waals surface area contributed by atoms with E-state index in [9.17, 15) is 14.7 Å². The zero-order valence-electron chi connectivity index (χ0n) is 17.2. The summed E-state index contributed by atoms with van der Waals surface area (Å²) in [6.07, 6.45) is 0.412. The monoisotopic (exact) mass is 406 g/mol. The van der Waals surface area contributed by atoms with Gasteiger partial charge in [-0.2, -0.15) is 0 Å². The highest BCUT2D eigenvalue weighted by atomic mass is 16.3. The van der Waals surface area contributed by atoms with Gasteiger partial charge in [0.15, 0.2) is 0 Å². The normalized spacial score (nSPS) is 21.7. The predicted molar refractivity (Wildman–Crippen MR) is 115 cm³/mol. The van der Waals surface area contributed by atoms with E-state index in [-0.39, 0.29) is 23.2 Å². The molecule has 30 heavy (non-hydrogen) atoms. The van der Waals surface area contributed by atoms with Crippen LogP contribution < -0.4 is 5.56 Å². The zero-order chi connectivity index (χ0) is 21.3. The van der Waals surface area contributed by atoms with E-state index in [0.717, 1.165) is 5.56 Å². The topological polar surface area (TPSA) is 81.6 Å². The average Bonchev–Trinajstić information content (AvgIpc) is 3.16. The number of rotatable bonds is 4. The molecule has 4 rings (SSSR count). The van der Waals surface area contributed by atoms with Crippen molar-refractivity contribution in [1.82, 2.24) is 19.6 Å². The van der Waals surface area contributed by atoms with Crippen LogP contribution in [0.4, 0.5) is 0 Å². The fourth-order valence-electron chi connectivity index (χ4n) is 4.21. The number of aliphatic hydroxyl groups is 1. The summed E-state index contributed by atoms with van der Waals surface area (Å²) >= 11 is 0. The Kier molecular flexibility index (Phi) is 5.32. The van der Waals surface area contributed by atoms with Crippen LogP contribution in [0.15, 0.2) is 71.5 Å². The molecule has 3 aromatic rings. The van der Waals surface area contributed by atoms with Gasteiger partial charge in [-0.05, 0) is 38.2 Å². The minimum Gasteiger partial charge on any atom is -0.383 e. The third-order valence-corrected chi connectivity index (χ3v) is 5.86. The first-order valence-corrected chi connectivity index (χ1v) is 10.0. The van der Waals surface area contributed by atoms with Crippen LogP contribution >= 0.6 is 0 Å². The number of hydrogen-bond acceptors (Lipinski definition) is 4. The van der Waals surface area contributed by atoms with Crippen LogP contribution in [0.25, 0.3) is 5.69 Å². The number of benzene rings is 2. The molecule has 2 aromatic carbocycles. The second kappa shape index (κ2) is 7.93. The molecule has 0 aliphatic carbocycles. The maximum Gasteiger partial charge on any atom is 0.272 e. The zero-order valence-corrected chi connectivity index (χ0v) is 17.2. The van der Waals surface area contributed by atoms with Crippen LogP contribution in [-0.2, 0) is 5.60 Å². The number of piperidine rings is 1. The Morgan fingerprint density at radius 3 is 2.37 bits per heavy atom. The molecule has 1 fully saturated rings. The van der Waals surface area contributed by atoms with Gasteiger partial charge in [0.25, 0.3) is 11.5 Å². The molecule has 2 N–H and O–H groups in total. The number of aromatic amines is 1. The standard InChI is InChI=1S/C23H26N4O3/c1-25(2)20-16-26(14-13-23(20,30)17-9-5-3-6-10-17)22(29)19-15-21(28)27(24-19)18-11-7-4-8-12-18/h3-12,15,20,24,30H,13-14,16H2,1-2H3/t20-,23+/m1/s1. The number of likely N-dealkylation sites (N-methyl/N-ethyl adjacent to an activating group) is 1. The van der Waals surface area contributed by atoms with Crippen molar-refractivity contribution < 1.29 is 9.90 Å². The minimum atomic E-state index is -1.05. The fourth-order valence-corrected chi connectivity index (χ4v) is 4.21. The van der Waals surface area contributed by atoms with Gasteiger partial charge in [-0.25, -0.2) is 4.68 Å². The van der Waals surface area contributed by atoms with Gasteiger partial charge in [-0.15, -0.1) is 0 Å². The highest BCUT2D eigenvalue weighted by Crippen LogP contribution is 2.35. The number of aromatic nitrogens is 2. The summed E-state index contributed by atoms with van der Waals surface area (Å²) in [5, 5.41) is 14.4. The van der Waals surface area contributed by atoms with E-state index in [2.05, 4.69) is 5.10 Å². The van der Waals surface area contributed by atoms with E-state index in [1.54, 1.807) is 17.0 Å². The lowest BCUT2D eigenvalue weighted by Crippen LogP contribution is -2.60. The summed E-state index contributed by atoms with van der Waals surface area (Å²) in [5.41, 5.74) is 0.424. The molecule has 0 spiro atoms. The summed E-state index contributed by atoms with van der Waals surface area (Å²) in [7, 11) is 3.81. The number of nitrogens with one attached hydrogen (secondary N) is 1. The molecule has 1 aliphatic heterocycles. The van der Waals surface area contributed by atoms with E-state index in [1.165, 1.54) is 10.7 Å². The van der Waals surface area contributed by atoms with Gasteiger partial charge in [-0.3, -0.25) is 14.7 Å². The lowest BCUT2D eigenvalue weighted by Gasteiger charge is -2.47. The first-order valence-electron chi connectivity index (χ1n) is 10.0. The summed E-state index contributed by atoms with van der Waals surface area (Å²) in [6.45, 7) is 0.753. The van der Waals surface area contributed by atoms with Gasteiger partial charge in [-0.1, -0.05) is 48.5 Å². The Morgan fingerprint density at radius 2 is 1.73 bits per heavy atom. The lowest BCUT2D eigenvalue weighted by atomic mass is 9.79. The van der Waals surface area contributed by atoms with Crippen molar-refractivity contribution in [2.45, 2.75) is 18.1 Å². The van der Waals surface area contributed by atoms with E-state index < -0.39 is 5.60 Å². The predicted octanol–water partition coefficient (Wildman–Crippen LogP) is 1.83.